The Morgan fingerprint density at radius 3 is 1.92 bits per heavy atom. The van der Waals surface area contributed by atoms with E-state index in [2.05, 4.69) is 89.6 Å². The van der Waals surface area contributed by atoms with Gasteiger partial charge < -0.3 is 9.88 Å². The number of nitrogens with one attached hydrogen (secondary N) is 1. The largest absolute Gasteiger partial charge is 0.385 e. The monoisotopic (exact) mass is 314 g/mol. The molecule has 0 bridgehead atoms. The molecule has 0 aliphatic heterocycles. The highest BCUT2D eigenvalue weighted by Crippen LogP contribution is 2.29. The van der Waals surface area contributed by atoms with E-state index in [1.165, 1.54) is 27.5 Å². The molecule has 2 heteroatoms. The lowest BCUT2D eigenvalue weighted by atomic mass is 10.1. The van der Waals surface area contributed by atoms with Crippen LogP contribution < -0.4 is 5.32 Å². The van der Waals surface area contributed by atoms with Crippen LogP contribution in [-0.4, -0.2) is 11.1 Å². The van der Waals surface area contributed by atoms with Gasteiger partial charge in [-0.25, -0.2) is 0 Å². The van der Waals surface area contributed by atoms with Crippen LogP contribution in [-0.2, 0) is 6.54 Å². The maximum Gasteiger partial charge on any atom is 0.0491 e. The Labute approximate surface area is 142 Å². The number of rotatable bonds is 5. The molecule has 1 N–H and O–H groups in total. The first-order valence-corrected chi connectivity index (χ1v) is 8.58. The number of hydrogen-bond acceptors (Lipinski definition) is 1. The van der Waals surface area contributed by atoms with Gasteiger partial charge in [-0.1, -0.05) is 61.5 Å². The van der Waals surface area contributed by atoms with Crippen LogP contribution in [0.25, 0.3) is 21.8 Å². The zero-order valence-electron chi connectivity index (χ0n) is 13.9. The van der Waals surface area contributed by atoms with E-state index in [9.17, 15) is 0 Å². The molecular formula is C22H22N2. The van der Waals surface area contributed by atoms with Crippen molar-refractivity contribution in [3.05, 3.63) is 78.9 Å². The summed E-state index contributed by atoms with van der Waals surface area (Å²) in [4.78, 5) is 0. The third kappa shape index (κ3) is 2.76. The van der Waals surface area contributed by atoms with Crippen molar-refractivity contribution in [3.63, 3.8) is 0 Å². The third-order valence-corrected chi connectivity index (χ3v) is 4.60. The minimum atomic E-state index is 0.532. The quantitative estimate of drug-likeness (QED) is 0.511. The average Bonchev–Trinajstić information content (AvgIpc) is 2.95. The Morgan fingerprint density at radius 1 is 0.750 bits per heavy atom. The summed E-state index contributed by atoms with van der Waals surface area (Å²) in [5.41, 5.74) is 3.84. The molecule has 24 heavy (non-hydrogen) atoms. The van der Waals surface area contributed by atoms with Crippen LogP contribution in [0.2, 0.25) is 0 Å². The second-order valence-electron chi connectivity index (χ2n) is 6.50. The van der Waals surface area contributed by atoms with Crippen LogP contribution in [0.15, 0.2) is 78.9 Å². The molecule has 120 valence electrons. The molecule has 0 aliphatic carbocycles. The molecule has 0 radical (unpaired) electrons. The van der Waals surface area contributed by atoms with Gasteiger partial charge in [0, 0.05) is 40.6 Å². The number of anilines is 1. The lowest BCUT2D eigenvalue weighted by Gasteiger charge is -2.16. The van der Waals surface area contributed by atoms with Crippen molar-refractivity contribution in [2.45, 2.75) is 13.5 Å². The molecule has 2 nitrogen and oxygen atoms in total. The molecule has 1 atom stereocenters. The highest BCUT2D eigenvalue weighted by Gasteiger charge is 2.12. The lowest BCUT2D eigenvalue weighted by Crippen LogP contribution is -2.17. The SMILES string of the molecule is CC(CNc1ccccc1)Cn1c2ccccc2c2ccccc21. The molecule has 0 aliphatic rings. The molecule has 0 saturated carbocycles. The van der Waals surface area contributed by atoms with Gasteiger partial charge in [-0.05, 0) is 30.2 Å². The summed E-state index contributed by atoms with van der Waals surface area (Å²) in [6, 6.07) is 27.8. The summed E-state index contributed by atoms with van der Waals surface area (Å²) in [6.45, 7) is 4.28. The summed E-state index contributed by atoms with van der Waals surface area (Å²) >= 11 is 0. The fraction of sp³-hybridized carbons (Fsp3) is 0.182. The topological polar surface area (TPSA) is 17.0 Å². The average molecular weight is 314 g/mol. The number of benzene rings is 3. The molecule has 3 aromatic carbocycles. The van der Waals surface area contributed by atoms with Gasteiger partial charge in [0.25, 0.3) is 0 Å². The second kappa shape index (κ2) is 6.40. The van der Waals surface area contributed by atoms with Gasteiger partial charge in [0.05, 0.1) is 0 Å². The predicted octanol–water partition coefficient (Wildman–Crippen LogP) is 5.54. The third-order valence-electron chi connectivity index (χ3n) is 4.60. The van der Waals surface area contributed by atoms with E-state index < -0.39 is 0 Å². The van der Waals surface area contributed by atoms with Crippen molar-refractivity contribution in [2.24, 2.45) is 5.92 Å². The fourth-order valence-corrected chi connectivity index (χ4v) is 3.42. The number of aromatic nitrogens is 1. The molecule has 1 unspecified atom stereocenters. The van der Waals surface area contributed by atoms with Crippen molar-refractivity contribution in [2.75, 3.05) is 11.9 Å². The molecule has 0 saturated heterocycles. The molecule has 1 aromatic heterocycles. The van der Waals surface area contributed by atoms with E-state index in [1.807, 2.05) is 6.07 Å². The van der Waals surface area contributed by atoms with Crippen LogP contribution in [0.5, 0.6) is 0 Å². The first kappa shape index (κ1) is 14.8. The Morgan fingerprint density at radius 2 is 1.29 bits per heavy atom. The van der Waals surface area contributed by atoms with E-state index in [-0.39, 0.29) is 0 Å². The first-order chi connectivity index (χ1) is 11.8. The van der Waals surface area contributed by atoms with Crippen molar-refractivity contribution < 1.29 is 0 Å². The minimum Gasteiger partial charge on any atom is -0.385 e. The Kier molecular flexibility index (Phi) is 3.96. The Hall–Kier alpha value is -2.74. The molecule has 4 rings (SSSR count). The highest BCUT2D eigenvalue weighted by atomic mass is 15.0. The van der Waals surface area contributed by atoms with Gasteiger partial charge in [0.15, 0.2) is 0 Å². The standard InChI is InChI=1S/C22H22N2/c1-17(15-23-18-9-3-2-4-10-18)16-24-21-13-7-5-11-19(21)20-12-6-8-14-22(20)24/h2-14,17,23H,15-16H2,1H3. The van der Waals surface area contributed by atoms with E-state index >= 15 is 0 Å². The van der Waals surface area contributed by atoms with E-state index in [0.717, 1.165) is 13.1 Å². The predicted molar refractivity (Wildman–Crippen MR) is 104 cm³/mol. The Bertz CT molecular complexity index is 900. The number of hydrogen-bond donors (Lipinski definition) is 1. The molecular weight excluding hydrogens is 292 g/mol. The van der Waals surface area contributed by atoms with Crippen LogP contribution in [0.1, 0.15) is 6.92 Å². The first-order valence-electron chi connectivity index (χ1n) is 8.58. The fourth-order valence-electron chi connectivity index (χ4n) is 3.42. The van der Waals surface area contributed by atoms with Crippen LogP contribution in [0, 0.1) is 5.92 Å². The maximum atomic E-state index is 3.54. The van der Waals surface area contributed by atoms with Crippen molar-refractivity contribution in [3.8, 4) is 0 Å². The minimum absolute atomic E-state index is 0.532. The maximum absolute atomic E-state index is 3.54. The van der Waals surface area contributed by atoms with Crippen molar-refractivity contribution in [1.82, 2.24) is 4.57 Å². The molecule has 0 fully saturated rings. The van der Waals surface area contributed by atoms with E-state index in [1.54, 1.807) is 0 Å². The van der Waals surface area contributed by atoms with E-state index in [4.69, 9.17) is 0 Å². The van der Waals surface area contributed by atoms with Gasteiger partial charge in [-0.3, -0.25) is 0 Å². The summed E-state index contributed by atoms with van der Waals surface area (Å²) in [6.07, 6.45) is 0. The summed E-state index contributed by atoms with van der Waals surface area (Å²) < 4.78 is 2.46. The van der Waals surface area contributed by atoms with Gasteiger partial charge in [-0.15, -0.1) is 0 Å². The van der Waals surface area contributed by atoms with Gasteiger partial charge in [0.2, 0.25) is 0 Å². The summed E-state index contributed by atoms with van der Waals surface area (Å²) in [7, 11) is 0. The zero-order chi connectivity index (χ0) is 16.4. The van der Waals surface area contributed by atoms with Gasteiger partial charge in [-0.2, -0.15) is 0 Å². The van der Waals surface area contributed by atoms with Crippen molar-refractivity contribution >= 4 is 27.5 Å². The summed E-state index contributed by atoms with van der Waals surface area (Å²) in [5.74, 6) is 0.532. The van der Waals surface area contributed by atoms with Crippen LogP contribution in [0.4, 0.5) is 5.69 Å². The van der Waals surface area contributed by atoms with Crippen molar-refractivity contribution in [1.29, 1.82) is 0 Å². The lowest BCUT2D eigenvalue weighted by molar-refractivity contribution is 0.523. The highest BCUT2D eigenvalue weighted by molar-refractivity contribution is 6.07. The normalized spacial score (nSPS) is 12.5. The number of nitrogens with zero attached hydrogens (tertiary/aromatic N) is 1. The van der Waals surface area contributed by atoms with Crippen LogP contribution >= 0.6 is 0 Å². The second-order valence-corrected chi connectivity index (χ2v) is 6.50. The van der Waals surface area contributed by atoms with Gasteiger partial charge in [0.1, 0.15) is 0 Å². The zero-order valence-corrected chi connectivity index (χ0v) is 13.9. The van der Waals surface area contributed by atoms with Gasteiger partial charge >= 0.3 is 0 Å². The van der Waals surface area contributed by atoms with Crippen LogP contribution in [0.3, 0.4) is 0 Å². The number of fused-ring (bicyclic) bond motifs is 3. The molecule has 1 heterocycles. The molecule has 0 spiro atoms. The van der Waals surface area contributed by atoms with E-state index in [0.29, 0.717) is 5.92 Å². The molecule has 4 aromatic rings. The Balaban J connectivity index is 1.61. The smallest absolute Gasteiger partial charge is 0.0491 e. The molecule has 0 amide bonds. The summed E-state index contributed by atoms with van der Waals surface area (Å²) in [5, 5.41) is 6.23. The number of para-hydroxylation sites is 3.